The largest absolute Gasteiger partial charge is 0.385 e. The van der Waals surface area contributed by atoms with E-state index in [1.807, 2.05) is 11.4 Å². The van der Waals surface area contributed by atoms with Gasteiger partial charge in [-0.3, -0.25) is 14.2 Å². The Kier molecular flexibility index (Phi) is 6.89. The number of hydrogen-bond donors (Lipinski definition) is 1. The van der Waals surface area contributed by atoms with Crippen LogP contribution in [0.5, 0.6) is 0 Å². The lowest BCUT2D eigenvalue weighted by atomic mass is 10.3. The van der Waals surface area contributed by atoms with Crippen LogP contribution in [0.15, 0.2) is 45.7 Å². The summed E-state index contributed by atoms with van der Waals surface area (Å²) in [6.45, 7) is 1.15. The average Bonchev–Trinajstić information content (AvgIpc) is 3.14. The molecular weight excluding hydrogens is 406 g/mol. The van der Waals surface area contributed by atoms with Gasteiger partial charge in [0.2, 0.25) is 5.91 Å². The summed E-state index contributed by atoms with van der Waals surface area (Å²) >= 11 is 8.54. The molecule has 1 aromatic carbocycles. The predicted octanol–water partition coefficient (Wildman–Crippen LogP) is 3.35. The molecule has 0 spiro atoms. The molecule has 0 atom stereocenters. The zero-order valence-electron chi connectivity index (χ0n) is 14.6. The molecule has 3 aromatic rings. The zero-order valence-corrected chi connectivity index (χ0v) is 17.0. The van der Waals surface area contributed by atoms with E-state index in [0.717, 1.165) is 6.42 Å². The Labute approximate surface area is 169 Å². The number of benzene rings is 1. The van der Waals surface area contributed by atoms with E-state index in [1.54, 1.807) is 31.4 Å². The van der Waals surface area contributed by atoms with Crippen LogP contribution in [-0.2, 0) is 9.53 Å². The van der Waals surface area contributed by atoms with Crippen molar-refractivity contribution in [2.45, 2.75) is 11.6 Å². The third-order valence-electron chi connectivity index (χ3n) is 3.71. The molecule has 0 aliphatic carbocycles. The van der Waals surface area contributed by atoms with Crippen LogP contribution in [0.3, 0.4) is 0 Å². The quantitative estimate of drug-likeness (QED) is 0.341. The summed E-state index contributed by atoms with van der Waals surface area (Å²) in [5, 5.41) is 5.72. The van der Waals surface area contributed by atoms with Gasteiger partial charge in [-0.25, -0.2) is 4.98 Å². The van der Waals surface area contributed by atoms with E-state index >= 15 is 0 Å². The van der Waals surface area contributed by atoms with Crippen molar-refractivity contribution in [2.24, 2.45) is 0 Å². The van der Waals surface area contributed by atoms with Gasteiger partial charge in [0.1, 0.15) is 4.70 Å². The summed E-state index contributed by atoms with van der Waals surface area (Å²) < 4.78 is 7.07. The van der Waals surface area contributed by atoms with Crippen molar-refractivity contribution in [3.63, 3.8) is 0 Å². The van der Waals surface area contributed by atoms with Crippen molar-refractivity contribution in [1.82, 2.24) is 14.9 Å². The Morgan fingerprint density at radius 1 is 1.33 bits per heavy atom. The van der Waals surface area contributed by atoms with Gasteiger partial charge in [-0.2, -0.15) is 0 Å². The van der Waals surface area contributed by atoms with Crippen molar-refractivity contribution in [3.05, 3.63) is 51.1 Å². The molecule has 0 aliphatic heterocycles. The molecule has 1 N–H and O–H groups in total. The zero-order chi connectivity index (χ0) is 19.2. The van der Waals surface area contributed by atoms with Crippen LogP contribution in [0.1, 0.15) is 6.42 Å². The fourth-order valence-corrected chi connectivity index (χ4v) is 4.16. The Bertz CT molecular complexity index is 986. The molecule has 2 aromatic heterocycles. The second kappa shape index (κ2) is 9.36. The Morgan fingerprint density at radius 2 is 2.11 bits per heavy atom. The number of rotatable bonds is 8. The number of hydrogen-bond acceptors (Lipinski definition) is 6. The van der Waals surface area contributed by atoms with Crippen LogP contribution < -0.4 is 10.9 Å². The number of thioether (sulfide) groups is 1. The second-order valence-electron chi connectivity index (χ2n) is 5.63. The molecule has 2 heterocycles. The summed E-state index contributed by atoms with van der Waals surface area (Å²) in [7, 11) is 1.62. The van der Waals surface area contributed by atoms with Gasteiger partial charge in [0.15, 0.2) is 5.16 Å². The third kappa shape index (κ3) is 4.90. The molecule has 6 nitrogen and oxygen atoms in total. The molecule has 9 heteroatoms. The topological polar surface area (TPSA) is 73.2 Å². The SMILES string of the molecule is COCCCNC(=O)CSc1nc2ccsc2c(=O)n1-c1ccc(Cl)cc1. The number of halogens is 1. The van der Waals surface area contributed by atoms with E-state index in [1.165, 1.54) is 27.7 Å². The normalized spacial score (nSPS) is 11.0. The molecule has 0 unspecified atom stereocenters. The van der Waals surface area contributed by atoms with Crippen molar-refractivity contribution < 1.29 is 9.53 Å². The minimum atomic E-state index is -0.152. The molecule has 27 heavy (non-hydrogen) atoms. The average molecular weight is 424 g/mol. The lowest BCUT2D eigenvalue weighted by molar-refractivity contribution is -0.118. The summed E-state index contributed by atoms with van der Waals surface area (Å²) in [4.78, 5) is 29.6. The van der Waals surface area contributed by atoms with Crippen LogP contribution >= 0.6 is 34.7 Å². The van der Waals surface area contributed by atoms with E-state index in [0.29, 0.717) is 39.2 Å². The molecule has 0 bridgehead atoms. The van der Waals surface area contributed by atoms with Crippen molar-refractivity contribution in [2.75, 3.05) is 26.0 Å². The fraction of sp³-hybridized carbons (Fsp3) is 0.278. The Hall–Kier alpha value is -1.87. The molecule has 0 aliphatic rings. The Balaban J connectivity index is 1.85. The first kappa shape index (κ1) is 19.9. The van der Waals surface area contributed by atoms with Crippen molar-refractivity contribution in [3.8, 4) is 5.69 Å². The maximum Gasteiger partial charge on any atom is 0.276 e. The molecule has 142 valence electrons. The predicted molar refractivity (Wildman–Crippen MR) is 110 cm³/mol. The highest BCUT2D eigenvalue weighted by Gasteiger charge is 2.15. The molecule has 0 fully saturated rings. The number of carbonyl (C=O) groups is 1. The summed E-state index contributed by atoms with van der Waals surface area (Å²) in [5.74, 6) is 0.0567. The first-order valence-electron chi connectivity index (χ1n) is 8.25. The van der Waals surface area contributed by atoms with Gasteiger partial charge < -0.3 is 10.1 Å². The lowest BCUT2D eigenvalue weighted by Gasteiger charge is -2.12. The fourth-order valence-electron chi connectivity index (χ4n) is 2.43. The van der Waals surface area contributed by atoms with E-state index in [4.69, 9.17) is 16.3 Å². The maximum absolute atomic E-state index is 13.0. The van der Waals surface area contributed by atoms with Crippen LogP contribution in [0.4, 0.5) is 0 Å². The van der Waals surface area contributed by atoms with E-state index < -0.39 is 0 Å². The van der Waals surface area contributed by atoms with Gasteiger partial charge in [-0.15, -0.1) is 11.3 Å². The van der Waals surface area contributed by atoms with Crippen LogP contribution in [0.2, 0.25) is 5.02 Å². The summed E-state index contributed by atoms with van der Waals surface area (Å²) in [6, 6.07) is 8.78. The van der Waals surface area contributed by atoms with Crippen LogP contribution in [0.25, 0.3) is 15.9 Å². The first-order valence-corrected chi connectivity index (χ1v) is 10.5. The number of amides is 1. The number of nitrogens with zero attached hydrogens (tertiary/aromatic N) is 2. The maximum atomic E-state index is 13.0. The summed E-state index contributed by atoms with van der Waals surface area (Å²) in [6.07, 6.45) is 0.751. The minimum absolute atomic E-state index is 0.113. The molecular formula is C18H18ClN3O3S2. The van der Waals surface area contributed by atoms with Gasteiger partial charge in [-0.1, -0.05) is 23.4 Å². The van der Waals surface area contributed by atoms with E-state index in [2.05, 4.69) is 10.3 Å². The monoisotopic (exact) mass is 423 g/mol. The molecule has 1 amide bonds. The van der Waals surface area contributed by atoms with Crippen LogP contribution in [0, 0.1) is 0 Å². The Morgan fingerprint density at radius 3 is 2.85 bits per heavy atom. The number of fused-ring (bicyclic) bond motifs is 1. The highest BCUT2D eigenvalue weighted by molar-refractivity contribution is 7.99. The third-order valence-corrected chi connectivity index (χ3v) is 5.80. The van der Waals surface area contributed by atoms with Crippen molar-refractivity contribution in [1.29, 1.82) is 0 Å². The van der Waals surface area contributed by atoms with Crippen molar-refractivity contribution >= 4 is 50.8 Å². The van der Waals surface area contributed by atoms with E-state index in [9.17, 15) is 9.59 Å². The van der Waals surface area contributed by atoms with Gasteiger partial charge in [-0.05, 0) is 42.1 Å². The number of methoxy groups -OCH3 is 1. The minimum Gasteiger partial charge on any atom is -0.385 e. The van der Waals surface area contributed by atoms with Gasteiger partial charge in [0, 0.05) is 25.3 Å². The standard InChI is InChI=1S/C18H18ClN3O3S2/c1-25-9-2-8-20-15(23)11-27-18-21-14-7-10-26-16(14)17(24)22(18)13-5-3-12(19)4-6-13/h3-7,10H,2,8-9,11H2,1H3,(H,20,23). The number of ether oxygens (including phenoxy) is 1. The number of aromatic nitrogens is 2. The lowest BCUT2D eigenvalue weighted by Crippen LogP contribution is -2.27. The number of thiophene rings is 1. The first-order chi connectivity index (χ1) is 13.1. The molecule has 0 saturated heterocycles. The van der Waals surface area contributed by atoms with Gasteiger partial charge in [0.05, 0.1) is 17.0 Å². The molecule has 0 radical (unpaired) electrons. The molecule has 3 rings (SSSR count). The second-order valence-corrected chi connectivity index (χ2v) is 7.93. The highest BCUT2D eigenvalue weighted by Crippen LogP contribution is 2.24. The molecule has 0 saturated carbocycles. The van der Waals surface area contributed by atoms with Crippen LogP contribution in [-0.4, -0.2) is 41.5 Å². The van der Waals surface area contributed by atoms with E-state index in [-0.39, 0.29) is 17.2 Å². The smallest absolute Gasteiger partial charge is 0.276 e. The van der Waals surface area contributed by atoms with Gasteiger partial charge in [0.25, 0.3) is 5.56 Å². The summed E-state index contributed by atoms with van der Waals surface area (Å²) in [5.41, 5.74) is 1.15. The highest BCUT2D eigenvalue weighted by atomic mass is 35.5. The van der Waals surface area contributed by atoms with Gasteiger partial charge >= 0.3 is 0 Å². The number of nitrogens with one attached hydrogen (secondary N) is 1. The number of carbonyl (C=O) groups excluding carboxylic acids is 1.